The number of phenols is 2. The van der Waals surface area contributed by atoms with Crippen molar-refractivity contribution in [1.29, 1.82) is 0 Å². The van der Waals surface area contributed by atoms with Gasteiger partial charge in [0.15, 0.2) is 0 Å². The van der Waals surface area contributed by atoms with E-state index in [1.54, 1.807) is 6.20 Å². The lowest BCUT2D eigenvalue weighted by Gasteiger charge is -1.99. The van der Waals surface area contributed by atoms with Crippen molar-refractivity contribution in [2.75, 3.05) is 0 Å². The van der Waals surface area contributed by atoms with Crippen molar-refractivity contribution in [3.8, 4) is 34.5 Å². The molecule has 0 unspecified atom stereocenters. The number of hydrogen-bond acceptors (Lipinski definition) is 6. The van der Waals surface area contributed by atoms with Gasteiger partial charge in [-0.25, -0.2) is 0 Å². The van der Waals surface area contributed by atoms with Gasteiger partial charge in [0.25, 0.3) is 5.89 Å². The summed E-state index contributed by atoms with van der Waals surface area (Å²) in [6.07, 6.45) is 1.62. The molecule has 3 aromatic rings. The SMILES string of the molecule is Oc1cc(O)cc(-c2nc(-c3ncc(Br)cc3Br)no2)c1. The Morgan fingerprint density at radius 1 is 1.00 bits per heavy atom. The Labute approximate surface area is 135 Å². The Morgan fingerprint density at radius 3 is 2.38 bits per heavy atom. The fraction of sp³-hybridized carbons (Fsp3) is 0. The fourth-order valence-electron chi connectivity index (χ4n) is 1.73. The van der Waals surface area contributed by atoms with E-state index in [1.807, 2.05) is 6.07 Å². The highest BCUT2D eigenvalue weighted by atomic mass is 79.9. The number of halogens is 2. The van der Waals surface area contributed by atoms with E-state index in [0.717, 1.165) is 4.47 Å². The van der Waals surface area contributed by atoms with E-state index in [2.05, 4.69) is 47.0 Å². The standard InChI is InChI=1S/C13H7Br2N3O3/c14-7-3-10(15)11(16-5-7)12-17-13(21-18-12)6-1-8(19)4-9(20)2-6/h1-5,19-20H. The van der Waals surface area contributed by atoms with Crippen LogP contribution in [-0.4, -0.2) is 25.3 Å². The molecule has 0 radical (unpaired) electrons. The van der Waals surface area contributed by atoms with E-state index in [0.29, 0.717) is 21.6 Å². The van der Waals surface area contributed by atoms with E-state index >= 15 is 0 Å². The minimum Gasteiger partial charge on any atom is -0.508 e. The average Bonchev–Trinajstić information content (AvgIpc) is 2.87. The van der Waals surface area contributed by atoms with E-state index in [1.165, 1.54) is 18.2 Å². The number of pyridine rings is 1. The third kappa shape index (κ3) is 2.91. The second kappa shape index (κ2) is 5.45. The molecule has 0 fully saturated rings. The zero-order chi connectivity index (χ0) is 15.0. The molecule has 2 aromatic heterocycles. The van der Waals surface area contributed by atoms with Gasteiger partial charge in [-0.1, -0.05) is 5.16 Å². The van der Waals surface area contributed by atoms with Crippen LogP contribution >= 0.6 is 31.9 Å². The molecular formula is C13H7Br2N3O3. The minimum absolute atomic E-state index is 0.0901. The first kappa shape index (κ1) is 14.0. The fourth-order valence-corrected chi connectivity index (χ4v) is 2.90. The molecule has 0 aliphatic heterocycles. The largest absolute Gasteiger partial charge is 0.508 e. The Kier molecular flexibility index (Phi) is 3.64. The van der Waals surface area contributed by atoms with Crippen LogP contribution in [0.15, 0.2) is 43.9 Å². The summed E-state index contributed by atoms with van der Waals surface area (Å²) in [6.45, 7) is 0. The lowest BCUT2D eigenvalue weighted by Crippen LogP contribution is -1.87. The summed E-state index contributed by atoms with van der Waals surface area (Å²) in [5.41, 5.74) is 0.942. The molecule has 1 aromatic carbocycles. The molecule has 0 spiro atoms. The number of phenolic OH excluding ortho intramolecular Hbond substituents is 2. The molecule has 0 bridgehead atoms. The van der Waals surface area contributed by atoms with E-state index in [4.69, 9.17) is 4.52 Å². The van der Waals surface area contributed by atoms with Gasteiger partial charge in [0, 0.05) is 26.8 Å². The van der Waals surface area contributed by atoms with Crippen LogP contribution in [-0.2, 0) is 0 Å². The van der Waals surface area contributed by atoms with Crippen molar-refractivity contribution >= 4 is 31.9 Å². The molecule has 6 nitrogen and oxygen atoms in total. The number of aromatic nitrogens is 3. The molecule has 0 saturated heterocycles. The normalized spacial score (nSPS) is 10.8. The van der Waals surface area contributed by atoms with Crippen LogP contribution in [0.3, 0.4) is 0 Å². The zero-order valence-electron chi connectivity index (χ0n) is 10.3. The molecule has 2 heterocycles. The van der Waals surface area contributed by atoms with Crippen LogP contribution in [0, 0.1) is 0 Å². The maximum atomic E-state index is 9.48. The Hall–Kier alpha value is -1.93. The summed E-state index contributed by atoms with van der Waals surface area (Å²) in [5, 5.41) is 22.8. The second-order valence-electron chi connectivity index (χ2n) is 4.15. The minimum atomic E-state index is -0.0901. The third-order valence-corrected chi connectivity index (χ3v) is 3.63. The first-order valence-corrected chi connectivity index (χ1v) is 7.30. The van der Waals surface area contributed by atoms with Crippen molar-refractivity contribution in [1.82, 2.24) is 15.1 Å². The highest BCUT2D eigenvalue weighted by molar-refractivity contribution is 9.11. The van der Waals surface area contributed by atoms with E-state index in [9.17, 15) is 10.2 Å². The molecule has 2 N–H and O–H groups in total. The van der Waals surface area contributed by atoms with Crippen LogP contribution < -0.4 is 0 Å². The Morgan fingerprint density at radius 2 is 1.71 bits per heavy atom. The first-order chi connectivity index (χ1) is 10.0. The van der Waals surface area contributed by atoms with Gasteiger partial charge < -0.3 is 14.7 Å². The third-order valence-electron chi connectivity index (χ3n) is 2.60. The van der Waals surface area contributed by atoms with Crippen molar-refractivity contribution in [2.24, 2.45) is 0 Å². The molecule has 3 rings (SSSR count). The predicted octanol–water partition coefficient (Wildman–Crippen LogP) is 3.73. The Bertz CT molecular complexity index is 800. The van der Waals surface area contributed by atoms with Gasteiger partial charge in [-0.15, -0.1) is 0 Å². The molecule has 21 heavy (non-hydrogen) atoms. The lowest BCUT2D eigenvalue weighted by molar-refractivity contribution is 0.428. The van der Waals surface area contributed by atoms with Crippen LogP contribution in [0.5, 0.6) is 11.5 Å². The van der Waals surface area contributed by atoms with Gasteiger partial charge in [0.2, 0.25) is 5.82 Å². The quantitative estimate of drug-likeness (QED) is 0.666. The molecule has 0 aliphatic carbocycles. The maximum Gasteiger partial charge on any atom is 0.258 e. The highest BCUT2D eigenvalue weighted by Crippen LogP contribution is 2.31. The summed E-state index contributed by atoms with van der Waals surface area (Å²) in [5.74, 6) is 0.292. The molecule has 8 heteroatoms. The number of aromatic hydroxyl groups is 2. The summed E-state index contributed by atoms with van der Waals surface area (Å²) < 4.78 is 6.67. The molecule has 0 aliphatic rings. The van der Waals surface area contributed by atoms with Crippen molar-refractivity contribution < 1.29 is 14.7 Å². The molecule has 0 amide bonds. The molecule has 0 saturated carbocycles. The summed E-state index contributed by atoms with van der Waals surface area (Å²) in [7, 11) is 0. The van der Waals surface area contributed by atoms with Crippen molar-refractivity contribution in [2.45, 2.75) is 0 Å². The summed E-state index contributed by atoms with van der Waals surface area (Å²) >= 11 is 6.69. The monoisotopic (exact) mass is 411 g/mol. The van der Waals surface area contributed by atoms with Gasteiger partial charge in [-0.05, 0) is 50.1 Å². The Balaban J connectivity index is 2.03. The maximum absolute atomic E-state index is 9.48. The molecule has 106 valence electrons. The average molecular weight is 413 g/mol. The van der Waals surface area contributed by atoms with E-state index in [-0.39, 0.29) is 17.4 Å². The van der Waals surface area contributed by atoms with E-state index < -0.39 is 0 Å². The van der Waals surface area contributed by atoms with Gasteiger partial charge in [0.05, 0.1) is 0 Å². The lowest BCUT2D eigenvalue weighted by atomic mass is 10.2. The summed E-state index contributed by atoms with van der Waals surface area (Å²) in [4.78, 5) is 8.43. The number of benzene rings is 1. The van der Waals surface area contributed by atoms with Crippen molar-refractivity contribution in [3.63, 3.8) is 0 Å². The number of rotatable bonds is 2. The van der Waals surface area contributed by atoms with Crippen molar-refractivity contribution in [3.05, 3.63) is 39.4 Å². The zero-order valence-corrected chi connectivity index (χ0v) is 13.5. The topological polar surface area (TPSA) is 92.3 Å². The van der Waals surface area contributed by atoms with Crippen LogP contribution in [0.1, 0.15) is 0 Å². The first-order valence-electron chi connectivity index (χ1n) is 5.71. The predicted molar refractivity (Wildman–Crippen MR) is 81.7 cm³/mol. The van der Waals surface area contributed by atoms with Gasteiger partial charge in [-0.2, -0.15) is 4.98 Å². The molecular weight excluding hydrogens is 406 g/mol. The summed E-state index contributed by atoms with van der Waals surface area (Å²) in [6, 6.07) is 5.87. The van der Waals surface area contributed by atoms with Gasteiger partial charge in [-0.3, -0.25) is 4.98 Å². The highest BCUT2D eigenvalue weighted by Gasteiger charge is 2.15. The smallest absolute Gasteiger partial charge is 0.258 e. The molecule has 0 atom stereocenters. The second-order valence-corrected chi connectivity index (χ2v) is 5.92. The van der Waals surface area contributed by atoms with Crippen LogP contribution in [0.2, 0.25) is 0 Å². The van der Waals surface area contributed by atoms with Gasteiger partial charge >= 0.3 is 0 Å². The van der Waals surface area contributed by atoms with Crippen LogP contribution in [0.25, 0.3) is 23.0 Å². The van der Waals surface area contributed by atoms with Gasteiger partial charge in [0.1, 0.15) is 17.2 Å². The van der Waals surface area contributed by atoms with Crippen LogP contribution in [0.4, 0.5) is 0 Å². The number of nitrogens with zero attached hydrogens (tertiary/aromatic N) is 3. The number of hydrogen-bond donors (Lipinski definition) is 2.